The first kappa shape index (κ1) is 19.1. The lowest BCUT2D eigenvalue weighted by atomic mass is 10.2. The second-order valence-electron chi connectivity index (χ2n) is 7.38. The summed E-state index contributed by atoms with van der Waals surface area (Å²) in [4.78, 5) is 20.2. The number of aromatic nitrogens is 3. The Balaban J connectivity index is 1.40. The van der Waals surface area contributed by atoms with Crippen LogP contribution in [-0.2, 0) is 0 Å². The zero-order valence-corrected chi connectivity index (χ0v) is 16.9. The second-order valence-corrected chi connectivity index (χ2v) is 8.60. The molecule has 7 nitrogen and oxygen atoms in total. The molecule has 3 aromatic rings. The molecule has 2 aliphatic heterocycles. The van der Waals surface area contributed by atoms with E-state index in [0.29, 0.717) is 11.3 Å². The molecule has 2 aromatic heterocycles. The Bertz CT molecular complexity index is 1090. The minimum atomic E-state index is -0.975. The van der Waals surface area contributed by atoms with Gasteiger partial charge in [0.25, 0.3) is 0 Å². The van der Waals surface area contributed by atoms with Crippen molar-refractivity contribution < 1.29 is 13.6 Å². The van der Waals surface area contributed by atoms with E-state index in [1.54, 1.807) is 12.4 Å². The maximum absolute atomic E-state index is 14.5. The number of carbonyl (C=O) groups excluding carboxylic acids is 1. The molecule has 10 heteroatoms. The van der Waals surface area contributed by atoms with Gasteiger partial charge in [0.1, 0.15) is 17.7 Å². The molecule has 0 bridgehead atoms. The number of anilines is 2. The van der Waals surface area contributed by atoms with Gasteiger partial charge in [-0.05, 0) is 24.3 Å². The molecule has 0 spiro atoms. The summed E-state index contributed by atoms with van der Waals surface area (Å²) in [6.07, 6.45) is 2.56. The second kappa shape index (κ2) is 7.75. The highest BCUT2D eigenvalue weighted by Gasteiger charge is 2.30. The first-order valence-electron chi connectivity index (χ1n) is 9.75. The molecule has 2 aliphatic rings. The van der Waals surface area contributed by atoms with Crippen molar-refractivity contribution in [3.8, 4) is 5.69 Å². The van der Waals surface area contributed by atoms with Crippen LogP contribution in [0.25, 0.3) is 16.7 Å². The van der Waals surface area contributed by atoms with Gasteiger partial charge in [-0.1, -0.05) is 0 Å². The smallest absolute Gasteiger partial charge is 0.322 e. The fourth-order valence-electron chi connectivity index (χ4n) is 3.58. The van der Waals surface area contributed by atoms with Crippen LogP contribution in [0.5, 0.6) is 0 Å². The number of halogens is 2. The highest BCUT2D eigenvalue weighted by molar-refractivity contribution is 7.99. The number of likely N-dealkylation sites (tertiary alicyclic amines) is 1. The van der Waals surface area contributed by atoms with Crippen LogP contribution in [0.3, 0.4) is 0 Å². The number of thioether (sulfide) groups is 1. The number of rotatable bonds is 3. The molecule has 2 amide bonds. The first-order chi connectivity index (χ1) is 14.6. The van der Waals surface area contributed by atoms with E-state index in [9.17, 15) is 13.6 Å². The van der Waals surface area contributed by atoms with Crippen molar-refractivity contribution in [3.05, 3.63) is 42.5 Å². The SMILES string of the molecule is O=C(Nc1ccc(F)c(-n2cc3cc(N4CCSCC4)cnc3n2)c1)N1CC(F)C1. The predicted molar refractivity (Wildman–Crippen MR) is 114 cm³/mol. The number of nitrogens with one attached hydrogen (secondary N) is 1. The average molecular weight is 430 g/mol. The third-order valence-corrected chi connectivity index (χ3v) is 6.23. The topological polar surface area (TPSA) is 66.3 Å². The summed E-state index contributed by atoms with van der Waals surface area (Å²) >= 11 is 1.94. The van der Waals surface area contributed by atoms with Crippen molar-refractivity contribution in [1.29, 1.82) is 0 Å². The van der Waals surface area contributed by atoms with E-state index < -0.39 is 18.0 Å². The third-order valence-electron chi connectivity index (χ3n) is 5.29. The largest absolute Gasteiger partial charge is 0.369 e. The van der Waals surface area contributed by atoms with Crippen LogP contribution >= 0.6 is 11.8 Å². The zero-order valence-electron chi connectivity index (χ0n) is 16.1. The van der Waals surface area contributed by atoms with E-state index in [-0.39, 0.29) is 18.8 Å². The molecule has 0 saturated carbocycles. The number of hydrogen-bond donors (Lipinski definition) is 1. The Morgan fingerprint density at radius 3 is 2.77 bits per heavy atom. The summed E-state index contributed by atoms with van der Waals surface area (Å²) in [6, 6.07) is 5.86. The third kappa shape index (κ3) is 3.67. The van der Waals surface area contributed by atoms with Crippen LogP contribution in [0.2, 0.25) is 0 Å². The van der Waals surface area contributed by atoms with Crippen LogP contribution in [0.1, 0.15) is 0 Å². The lowest BCUT2D eigenvalue weighted by molar-refractivity contribution is 0.0974. The lowest BCUT2D eigenvalue weighted by Crippen LogP contribution is -2.53. The van der Waals surface area contributed by atoms with Crippen LogP contribution in [0, 0.1) is 5.82 Å². The molecular weight excluding hydrogens is 410 g/mol. The minimum Gasteiger partial charge on any atom is -0.369 e. The number of alkyl halides is 1. The number of amides is 2. The number of pyridine rings is 1. The van der Waals surface area contributed by atoms with Gasteiger partial charge in [0, 0.05) is 41.9 Å². The van der Waals surface area contributed by atoms with Gasteiger partial charge in [-0.25, -0.2) is 23.2 Å². The maximum Gasteiger partial charge on any atom is 0.322 e. The van der Waals surface area contributed by atoms with Crippen molar-refractivity contribution in [3.63, 3.8) is 0 Å². The van der Waals surface area contributed by atoms with E-state index in [1.807, 2.05) is 17.8 Å². The molecule has 1 aromatic carbocycles. The Labute approximate surface area is 176 Å². The molecule has 0 radical (unpaired) electrons. The van der Waals surface area contributed by atoms with Gasteiger partial charge in [-0.3, -0.25) is 0 Å². The van der Waals surface area contributed by atoms with E-state index in [1.165, 1.54) is 27.8 Å². The number of carbonyl (C=O) groups is 1. The van der Waals surface area contributed by atoms with Crippen molar-refractivity contribution in [2.75, 3.05) is 47.9 Å². The van der Waals surface area contributed by atoms with E-state index in [2.05, 4.69) is 20.3 Å². The van der Waals surface area contributed by atoms with Gasteiger partial charge in [0.05, 0.1) is 25.0 Å². The van der Waals surface area contributed by atoms with E-state index in [4.69, 9.17) is 0 Å². The molecule has 4 heterocycles. The fourth-order valence-corrected chi connectivity index (χ4v) is 4.48. The quantitative estimate of drug-likeness (QED) is 0.691. The van der Waals surface area contributed by atoms with Gasteiger partial charge < -0.3 is 15.1 Å². The zero-order chi connectivity index (χ0) is 20.7. The number of fused-ring (bicyclic) bond motifs is 1. The van der Waals surface area contributed by atoms with Crippen molar-refractivity contribution >= 4 is 40.2 Å². The molecular formula is C20H20F2N6OS. The molecule has 1 N–H and O–H groups in total. The lowest BCUT2D eigenvalue weighted by Gasteiger charge is -2.34. The fraction of sp³-hybridized carbons (Fsp3) is 0.350. The minimum absolute atomic E-state index is 0.0775. The summed E-state index contributed by atoms with van der Waals surface area (Å²) in [5.41, 5.74) is 2.17. The van der Waals surface area contributed by atoms with Gasteiger partial charge in [-0.2, -0.15) is 11.8 Å². The monoisotopic (exact) mass is 430 g/mol. The van der Waals surface area contributed by atoms with Crippen LogP contribution in [-0.4, -0.2) is 69.6 Å². The van der Waals surface area contributed by atoms with Crippen molar-refractivity contribution in [2.45, 2.75) is 6.17 Å². The van der Waals surface area contributed by atoms with Crippen LogP contribution < -0.4 is 10.2 Å². The molecule has 0 unspecified atom stereocenters. The molecule has 0 aliphatic carbocycles. The van der Waals surface area contributed by atoms with E-state index >= 15 is 0 Å². The average Bonchev–Trinajstić information content (AvgIpc) is 3.16. The number of urea groups is 1. The highest BCUT2D eigenvalue weighted by atomic mass is 32.2. The molecule has 30 heavy (non-hydrogen) atoms. The standard InChI is InChI=1S/C20H20F2N6OS/c21-14-11-27(12-14)20(29)24-15-1-2-17(22)18(8-15)28-10-13-7-16(9-23-19(13)25-28)26-3-5-30-6-4-26/h1-2,7-10,14H,3-6,11-12H2,(H,24,29). The van der Waals surface area contributed by atoms with Gasteiger partial charge >= 0.3 is 6.03 Å². The first-order valence-corrected chi connectivity index (χ1v) is 10.9. The summed E-state index contributed by atoms with van der Waals surface area (Å²) < 4.78 is 28.9. The Morgan fingerprint density at radius 2 is 2.00 bits per heavy atom. The summed E-state index contributed by atoms with van der Waals surface area (Å²) in [5, 5.41) is 7.88. The Hall–Kier alpha value is -2.88. The summed E-state index contributed by atoms with van der Waals surface area (Å²) in [6.45, 7) is 2.10. The predicted octanol–water partition coefficient (Wildman–Crippen LogP) is 3.30. The molecule has 2 saturated heterocycles. The van der Waals surface area contributed by atoms with Crippen molar-refractivity contribution in [1.82, 2.24) is 19.7 Å². The Kier molecular flexibility index (Phi) is 4.93. The van der Waals surface area contributed by atoms with Crippen LogP contribution in [0.15, 0.2) is 36.7 Å². The highest BCUT2D eigenvalue weighted by Crippen LogP contribution is 2.25. The van der Waals surface area contributed by atoms with Crippen LogP contribution in [0.4, 0.5) is 25.0 Å². The van der Waals surface area contributed by atoms with E-state index in [0.717, 1.165) is 35.7 Å². The van der Waals surface area contributed by atoms with Gasteiger partial charge in [-0.15, -0.1) is 5.10 Å². The molecule has 0 atom stereocenters. The summed E-state index contributed by atoms with van der Waals surface area (Å²) in [5.74, 6) is 1.70. The number of benzene rings is 1. The molecule has 156 valence electrons. The number of hydrogen-bond acceptors (Lipinski definition) is 5. The molecule has 5 rings (SSSR count). The Morgan fingerprint density at radius 1 is 1.20 bits per heavy atom. The van der Waals surface area contributed by atoms with Crippen molar-refractivity contribution in [2.24, 2.45) is 0 Å². The normalized spacial score (nSPS) is 17.3. The molecule has 2 fully saturated rings. The summed E-state index contributed by atoms with van der Waals surface area (Å²) in [7, 11) is 0. The van der Waals surface area contributed by atoms with Gasteiger partial charge in [0.15, 0.2) is 5.65 Å². The van der Waals surface area contributed by atoms with Gasteiger partial charge in [0.2, 0.25) is 0 Å². The number of nitrogens with zero attached hydrogens (tertiary/aromatic N) is 5. The maximum atomic E-state index is 14.5.